The first-order valence-corrected chi connectivity index (χ1v) is 10.4. The van der Waals surface area contributed by atoms with Crippen molar-refractivity contribution in [2.45, 2.75) is 39.0 Å². The minimum atomic E-state index is 0.220. The second-order valence-electron chi connectivity index (χ2n) is 6.82. The lowest BCUT2D eigenvalue weighted by Crippen LogP contribution is -2.34. The number of hydrogen-bond acceptors (Lipinski definition) is 6. The van der Waals surface area contributed by atoms with E-state index in [0.29, 0.717) is 5.65 Å². The van der Waals surface area contributed by atoms with Crippen molar-refractivity contribution >= 4 is 34.9 Å². The fraction of sp³-hybridized carbons (Fsp3) is 0.429. The molecule has 3 aromatic rings. The van der Waals surface area contributed by atoms with E-state index in [1.54, 1.807) is 6.20 Å². The molecule has 1 aromatic carbocycles. The van der Waals surface area contributed by atoms with Crippen molar-refractivity contribution < 1.29 is 4.79 Å². The number of aldehydes is 1. The quantitative estimate of drug-likeness (QED) is 0.607. The van der Waals surface area contributed by atoms with Gasteiger partial charge < -0.3 is 9.69 Å². The van der Waals surface area contributed by atoms with E-state index in [4.69, 9.17) is 0 Å². The molecule has 0 aliphatic carbocycles. The fourth-order valence-electron chi connectivity index (χ4n) is 3.24. The van der Waals surface area contributed by atoms with Gasteiger partial charge in [-0.15, -0.1) is 0 Å². The van der Waals surface area contributed by atoms with Crippen LogP contribution in [0.15, 0.2) is 42.6 Å². The van der Waals surface area contributed by atoms with Crippen LogP contribution in [0.4, 0.5) is 5.69 Å². The van der Waals surface area contributed by atoms with Crippen molar-refractivity contribution in [2.24, 2.45) is 5.92 Å². The number of rotatable bonds is 5. The number of aromatic nitrogens is 3. The Morgan fingerprint density at radius 2 is 1.93 bits per heavy atom. The average Bonchev–Trinajstić information content (AvgIpc) is 3.22. The van der Waals surface area contributed by atoms with Crippen molar-refractivity contribution in [2.75, 3.05) is 18.0 Å². The smallest absolute Gasteiger partial charge is 0.195 e. The van der Waals surface area contributed by atoms with E-state index in [1.165, 1.54) is 36.6 Å². The Hall–Kier alpha value is -2.34. The Morgan fingerprint density at radius 3 is 2.63 bits per heavy atom. The molecular weight excluding hydrogens is 356 g/mol. The maximum Gasteiger partial charge on any atom is 0.195 e. The van der Waals surface area contributed by atoms with Gasteiger partial charge in [-0.1, -0.05) is 43.7 Å². The third-order valence-corrected chi connectivity index (χ3v) is 5.40. The molecule has 1 fully saturated rings. The zero-order chi connectivity index (χ0) is 18.9. The maximum atomic E-state index is 10.7. The van der Waals surface area contributed by atoms with Crippen LogP contribution in [-0.4, -0.2) is 33.1 Å². The summed E-state index contributed by atoms with van der Waals surface area (Å²) in [6.07, 6.45) is 8.51. The summed E-state index contributed by atoms with van der Waals surface area (Å²) in [6, 6.07) is 12.6. The highest BCUT2D eigenvalue weighted by molar-refractivity contribution is 7.00. The Bertz CT molecular complexity index is 828. The number of fused-ring (bicyclic) bond motifs is 1. The van der Waals surface area contributed by atoms with Gasteiger partial charge in [0, 0.05) is 25.2 Å². The Balaban J connectivity index is 0.000000180. The molecule has 0 spiro atoms. The number of nitrogens with zero attached hydrogens (tertiary/aromatic N) is 4. The summed E-state index contributed by atoms with van der Waals surface area (Å²) >= 11 is 1.19. The number of pyridine rings is 1. The maximum absolute atomic E-state index is 10.7. The van der Waals surface area contributed by atoms with Crippen molar-refractivity contribution in [1.29, 1.82) is 0 Å². The molecule has 0 atom stereocenters. The summed E-state index contributed by atoms with van der Waals surface area (Å²) in [4.78, 5) is 17.2. The summed E-state index contributed by atoms with van der Waals surface area (Å²) in [6.45, 7) is 4.03. The van der Waals surface area contributed by atoms with E-state index in [1.807, 2.05) is 6.07 Å². The number of anilines is 1. The minimum absolute atomic E-state index is 0.220. The highest BCUT2D eigenvalue weighted by Crippen LogP contribution is 2.27. The topological polar surface area (TPSA) is 59.0 Å². The van der Waals surface area contributed by atoms with Crippen LogP contribution < -0.4 is 4.90 Å². The zero-order valence-corrected chi connectivity index (χ0v) is 16.6. The highest BCUT2D eigenvalue weighted by Gasteiger charge is 2.21. The molecule has 27 heavy (non-hydrogen) atoms. The highest BCUT2D eigenvalue weighted by atomic mass is 32.1. The van der Waals surface area contributed by atoms with Gasteiger partial charge in [-0.3, -0.25) is 0 Å². The first kappa shape index (κ1) is 19.4. The van der Waals surface area contributed by atoms with Crippen LogP contribution in [0.1, 0.15) is 38.2 Å². The molecule has 4 rings (SSSR count). The summed E-state index contributed by atoms with van der Waals surface area (Å²) in [5.74, 6) is 0.220. The summed E-state index contributed by atoms with van der Waals surface area (Å²) in [5.41, 5.74) is 4.14. The van der Waals surface area contributed by atoms with Gasteiger partial charge in [-0.05, 0) is 37.3 Å². The molecule has 1 saturated heterocycles. The van der Waals surface area contributed by atoms with Crippen molar-refractivity contribution in [3.63, 3.8) is 0 Å². The molecule has 3 heterocycles. The van der Waals surface area contributed by atoms with E-state index in [0.717, 1.165) is 43.4 Å². The van der Waals surface area contributed by atoms with Gasteiger partial charge >= 0.3 is 0 Å². The van der Waals surface area contributed by atoms with Crippen LogP contribution in [0.25, 0.3) is 11.2 Å². The number of carbonyl (C=O) groups is 1. The minimum Gasteiger partial charge on any atom is -0.370 e. The van der Waals surface area contributed by atoms with Gasteiger partial charge in [0.05, 0.1) is 17.4 Å². The van der Waals surface area contributed by atoms with Crippen LogP contribution in [0, 0.1) is 5.92 Å². The Morgan fingerprint density at radius 1 is 1.15 bits per heavy atom. The van der Waals surface area contributed by atoms with Gasteiger partial charge in [0.25, 0.3) is 0 Å². The third-order valence-electron chi connectivity index (χ3n) is 4.88. The van der Waals surface area contributed by atoms with Gasteiger partial charge in [0.1, 0.15) is 11.8 Å². The Labute approximate surface area is 164 Å². The number of benzene rings is 1. The lowest BCUT2D eigenvalue weighted by Gasteiger charge is -2.31. The number of piperidine rings is 1. The molecule has 2 aromatic heterocycles. The van der Waals surface area contributed by atoms with Crippen LogP contribution in [0.3, 0.4) is 0 Å². The molecule has 5 nitrogen and oxygen atoms in total. The van der Waals surface area contributed by atoms with Crippen LogP contribution in [0.5, 0.6) is 0 Å². The lowest BCUT2D eigenvalue weighted by atomic mass is 9.98. The number of hydrogen-bond donors (Lipinski definition) is 0. The zero-order valence-electron chi connectivity index (χ0n) is 15.8. The predicted octanol–water partition coefficient (Wildman–Crippen LogP) is 4.53. The van der Waals surface area contributed by atoms with Gasteiger partial charge in [0.15, 0.2) is 5.65 Å². The van der Waals surface area contributed by atoms with Crippen LogP contribution in [0.2, 0.25) is 0 Å². The van der Waals surface area contributed by atoms with Crippen molar-refractivity contribution in [1.82, 2.24) is 13.7 Å². The summed E-state index contributed by atoms with van der Waals surface area (Å²) < 4.78 is 8.43. The standard InChI is InChI=1S/C11H12N4OS.C10H14/c16-7-8-2-5-15(6-3-8)9-1-4-12-11-10(9)13-17-14-11;1-2-3-7-10-8-5-4-6-9-10/h1,4,7-8H,2-3,5-6H2;4-6,8-9H,2-3,7H2,1H3. The van der Waals surface area contributed by atoms with E-state index in [9.17, 15) is 4.79 Å². The Kier molecular flexibility index (Phi) is 7.27. The monoisotopic (exact) mass is 382 g/mol. The number of carbonyl (C=O) groups excluding carboxylic acids is 1. The molecule has 0 unspecified atom stereocenters. The predicted molar refractivity (Wildman–Crippen MR) is 111 cm³/mol. The molecule has 0 N–H and O–H groups in total. The van der Waals surface area contributed by atoms with Gasteiger partial charge in [-0.25, -0.2) is 4.98 Å². The lowest BCUT2D eigenvalue weighted by molar-refractivity contribution is -0.111. The van der Waals surface area contributed by atoms with E-state index in [-0.39, 0.29) is 5.92 Å². The molecule has 0 saturated carbocycles. The SMILES string of the molecule is CCCCc1ccccc1.O=CC1CCN(c2ccnc3nsnc23)CC1. The van der Waals surface area contributed by atoms with Crippen molar-refractivity contribution in [3.8, 4) is 0 Å². The molecule has 0 amide bonds. The van der Waals surface area contributed by atoms with Gasteiger partial charge in [0.2, 0.25) is 0 Å². The first-order valence-electron chi connectivity index (χ1n) is 9.63. The van der Waals surface area contributed by atoms with Crippen LogP contribution >= 0.6 is 11.7 Å². The van der Waals surface area contributed by atoms with E-state index < -0.39 is 0 Å². The van der Waals surface area contributed by atoms with Gasteiger partial charge in [-0.2, -0.15) is 8.75 Å². The molecule has 0 bridgehead atoms. The molecule has 0 radical (unpaired) electrons. The summed E-state index contributed by atoms with van der Waals surface area (Å²) in [7, 11) is 0. The fourth-order valence-corrected chi connectivity index (χ4v) is 3.75. The second kappa shape index (κ2) is 10.1. The molecule has 1 aliphatic rings. The van der Waals surface area contributed by atoms with E-state index in [2.05, 4.69) is 55.9 Å². The average molecular weight is 383 g/mol. The van der Waals surface area contributed by atoms with Crippen molar-refractivity contribution in [3.05, 3.63) is 48.2 Å². The van der Waals surface area contributed by atoms with E-state index >= 15 is 0 Å². The second-order valence-corrected chi connectivity index (χ2v) is 7.34. The summed E-state index contributed by atoms with van der Waals surface area (Å²) in [5, 5.41) is 0. The molecule has 1 aliphatic heterocycles. The molecule has 142 valence electrons. The molecular formula is C21H26N4OS. The largest absolute Gasteiger partial charge is 0.370 e. The number of unbranched alkanes of at least 4 members (excludes halogenated alkanes) is 1. The van der Waals surface area contributed by atoms with Crippen LogP contribution in [-0.2, 0) is 11.2 Å². The normalized spacial score (nSPS) is 14.6. The third kappa shape index (κ3) is 5.32. The first-order chi connectivity index (χ1) is 13.3. The molecule has 6 heteroatoms. The number of aryl methyl sites for hydroxylation is 1.